The molecule has 0 nitrogen and oxygen atoms in total. The molecule has 0 aromatic heterocycles. The number of halogens is 3. The standard InChI is InChI=1S/C13H17F3/c1-2-11(9-6-10-13(14,15)16)12-7-4-3-5-8-12/h3-5,7-8,11H,2,6,9-10H2,1H3. The Kier molecular flexibility index (Phi) is 4.84. The molecule has 1 aromatic carbocycles. The van der Waals surface area contributed by atoms with Crippen LogP contribution in [0, 0.1) is 0 Å². The molecule has 0 aliphatic rings. The molecule has 0 fully saturated rings. The first-order chi connectivity index (χ1) is 7.53. The molecule has 90 valence electrons. The molecular formula is C13H17F3. The van der Waals surface area contributed by atoms with E-state index < -0.39 is 12.6 Å². The maximum Gasteiger partial charge on any atom is 0.389 e. The number of rotatable bonds is 5. The van der Waals surface area contributed by atoms with Gasteiger partial charge in [0.05, 0.1) is 0 Å². The van der Waals surface area contributed by atoms with Gasteiger partial charge in [-0.1, -0.05) is 37.3 Å². The Bertz CT molecular complexity index is 290. The molecule has 0 N–H and O–H groups in total. The van der Waals surface area contributed by atoms with Crippen LogP contribution < -0.4 is 0 Å². The predicted octanol–water partition coefficient (Wildman–Crippen LogP) is 4.91. The van der Waals surface area contributed by atoms with Crippen molar-refractivity contribution in [2.75, 3.05) is 0 Å². The monoisotopic (exact) mass is 230 g/mol. The summed E-state index contributed by atoms with van der Waals surface area (Å²) in [6, 6.07) is 9.76. The topological polar surface area (TPSA) is 0 Å². The van der Waals surface area contributed by atoms with Crippen LogP contribution in [0.3, 0.4) is 0 Å². The zero-order valence-electron chi connectivity index (χ0n) is 9.43. The van der Waals surface area contributed by atoms with Gasteiger partial charge in [0.2, 0.25) is 0 Å². The molecule has 0 saturated carbocycles. The SMILES string of the molecule is CCC(CCCC(F)(F)F)c1ccccc1. The van der Waals surface area contributed by atoms with Gasteiger partial charge in [0, 0.05) is 6.42 Å². The zero-order valence-corrected chi connectivity index (χ0v) is 9.43. The lowest BCUT2D eigenvalue weighted by atomic mass is 9.91. The maximum absolute atomic E-state index is 12.0. The largest absolute Gasteiger partial charge is 0.389 e. The lowest BCUT2D eigenvalue weighted by Crippen LogP contribution is -2.08. The van der Waals surface area contributed by atoms with Gasteiger partial charge < -0.3 is 0 Å². The summed E-state index contributed by atoms with van der Waals surface area (Å²) in [4.78, 5) is 0. The first-order valence-electron chi connectivity index (χ1n) is 5.64. The average molecular weight is 230 g/mol. The van der Waals surface area contributed by atoms with Crippen molar-refractivity contribution >= 4 is 0 Å². The van der Waals surface area contributed by atoms with E-state index in [0.717, 1.165) is 12.0 Å². The highest BCUT2D eigenvalue weighted by atomic mass is 19.4. The van der Waals surface area contributed by atoms with Gasteiger partial charge in [0.15, 0.2) is 0 Å². The summed E-state index contributed by atoms with van der Waals surface area (Å²) in [7, 11) is 0. The van der Waals surface area contributed by atoms with Crippen molar-refractivity contribution in [3.63, 3.8) is 0 Å². The molecule has 0 aliphatic carbocycles. The molecule has 1 aromatic rings. The van der Waals surface area contributed by atoms with Gasteiger partial charge in [0.1, 0.15) is 0 Å². The minimum Gasteiger partial charge on any atom is -0.171 e. The lowest BCUT2D eigenvalue weighted by molar-refractivity contribution is -0.135. The van der Waals surface area contributed by atoms with Crippen LogP contribution in [0.1, 0.15) is 44.1 Å². The molecule has 0 spiro atoms. The third-order valence-electron chi connectivity index (χ3n) is 2.78. The minimum atomic E-state index is -4.02. The quantitative estimate of drug-likeness (QED) is 0.674. The van der Waals surface area contributed by atoms with E-state index in [1.54, 1.807) is 0 Å². The Labute approximate surface area is 94.5 Å². The molecule has 1 atom stereocenters. The van der Waals surface area contributed by atoms with Crippen molar-refractivity contribution in [3.05, 3.63) is 35.9 Å². The molecule has 0 radical (unpaired) electrons. The van der Waals surface area contributed by atoms with E-state index in [4.69, 9.17) is 0 Å². The Morgan fingerprint density at radius 3 is 2.25 bits per heavy atom. The molecule has 0 saturated heterocycles. The Hall–Kier alpha value is -0.990. The molecule has 0 amide bonds. The highest BCUT2D eigenvalue weighted by molar-refractivity contribution is 5.19. The lowest BCUT2D eigenvalue weighted by Gasteiger charge is -2.15. The van der Waals surface area contributed by atoms with Crippen molar-refractivity contribution in [3.8, 4) is 0 Å². The number of hydrogen-bond acceptors (Lipinski definition) is 0. The second-order valence-corrected chi connectivity index (χ2v) is 4.02. The van der Waals surface area contributed by atoms with Gasteiger partial charge in [0.25, 0.3) is 0 Å². The Morgan fingerprint density at radius 2 is 1.75 bits per heavy atom. The summed E-state index contributed by atoms with van der Waals surface area (Å²) >= 11 is 0. The van der Waals surface area contributed by atoms with Crippen molar-refractivity contribution < 1.29 is 13.2 Å². The zero-order chi connectivity index (χ0) is 12.0. The van der Waals surface area contributed by atoms with E-state index in [2.05, 4.69) is 0 Å². The number of benzene rings is 1. The van der Waals surface area contributed by atoms with Gasteiger partial charge >= 0.3 is 6.18 Å². The second-order valence-electron chi connectivity index (χ2n) is 4.02. The smallest absolute Gasteiger partial charge is 0.171 e. The number of hydrogen-bond donors (Lipinski definition) is 0. The fourth-order valence-electron chi connectivity index (χ4n) is 1.88. The van der Waals surface area contributed by atoms with Crippen LogP contribution in [0.2, 0.25) is 0 Å². The average Bonchev–Trinajstić information content (AvgIpc) is 2.24. The molecule has 1 unspecified atom stereocenters. The molecule has 0 aliphatic heterocycles. The van der Waals surface area contributed by atoms with Gasteiger partial charge in [-0.05, 0) is 30.7 Å². The Morgan fingerprint density at radius 1 is 1.12 bits per heavy atom. The van der Waals surface area contributed by atoms with Gasteiger partial charge in [-0.15, -0.1) is 0 Å². The van der Waals surface area contributed by atoms with Crippen LogP contribution in [-0.4, -0.2) is 6.18 Å². The van der Waals surface area contributed by atoms with Crippen LogP contribution in [-0.2, 0) is 0 Å². The van der Waals surface area contributed by atoms with Crippen molar-refractivity contribution in [1.82, 2.24) is 0 Å². The van der Waals surface area contributed by atoms with Crippen LogP contribution in [0.5, 0.6) is 0 Å². The molecule has 16 heavy (non-hydrogen) atoms. The van der Waals surface area contributed by atoms with Crippen LogP contribution in [0.25, 0.3) is 0 Å². The third kappa shape index (κ3) is 4.69. The van der Waals surface area contributed by atoms with E-state index in [0.29, 0.717) is 6.42 Å². The van der Waals surface area contributed by atoms with E-state index in [-0.39, 0.29) is 12.3 Å². The summed E-state index contributed by atoms with van der Waals surface area (Å²) in [5.41, 5.74) is 1.15. The van der Waals surface area contributed by atoms with Gasteiger partial charge in [-0.25, -0.2) is 0 Å². The first kappa shape index (κ1) is 13.1. The highest BCUT2D eigenvalue weighted by Gasteiger charge is 2.26. The summed E-state index contributed by atoms with van der Waals surface area (Å²) in [5.74, 6) is 0.253. The maximum atomic E-state index is 12.0. The molecule has 1 rings (SSSR count). The highest BCUT2D eigenvalue weighted by Crippen LogP contribution is 2.29. The summed E-state index contributed by atoms with van der Waals surface area (Å²) in [5, 5.41) is 0. The summed E-state index contributed by atoms with van der Waals surface area (Å²) in [6.45, 7) is 2.02. The van der Waals surface area contributed by atoms with Gasteiger partial charge in [-0.3, -0.25) is 0 Å². The van der Waals surface area contributed by atoms with E-state index in [1.165, 1.54) is 0 Å². The summed E-state index contributed by atoms with van der Waals surface area (Å²) < 4.78 is 36.0. The fourth-order valence-corrected chi connectivity index (χ4v) is 1.88. The van der Waals surface area contributed by atoms with E-state index in [9.17, 15) is 13.2 Å². The minimum absolute atomic E-state index is 0.219. The van der Waals surface area contributed by atoms with Crippen molar-refractivity contribution in [2.45, 2.75) is 44.7 Å². The molecule has 0 bridgehead atoms. The second kappa shape index (κ2) is 5.92. The van der Waals surface area contributed by atoms with Crippen LogP contribution >= 0.6 is 0 Å². The molecule has 0 heterocycles. The first-order valence-corrected chi connectivity index (χ1v) is 5.64. The summed E-state index contributed by atoms with van der Waals surface area (Å²) in [6.07, 6.45) is -2.97. The third-order valence-corrected chi connectivity index (χ3v) is 2.78. The van der Waals surface area contributed by atoms with Gasteiger partial charge in [-0.2, -0.15) is 13.2 Å². The van der Waals surface area contributed by atoms with E-state index >= 15 is 0 Å². The molecular weight excluding hydrogens is 213 g/mol. The normalized spacial score (nSPS) is 13.8. The Balaban J connectivity index is 2.45. The number of alkyl halides is 3. The van der Waals surface area contributed by atoms with Crippen LogP contribution in [0.15, 0.2) is 30.3 Å². The predicted molar refractivity (Wildman–Crippen MR) is 59.4 cm³/mol. The van der Waals surface area contributed by atoms with Crippen molar-refractivity contribution in [1.29, 1.82) is 0 Å². The molecule has 3 heteroatoms. The van der Waals surface area contributed by atoms with Crippen molar-refractivity contribution in [2.24, 2.45) is 0 Å². The fraction of sp³-hybridized carbons (Fsp3) is 0.538. The van der Waals surface area contributed by atoms with Crippen LogP contribution in [0.4, 0.5) is 13.2 Å². The van der Waals surface area contributed by atoms with E-state index in [1.807, 2.05) is 37.3 Å².